The molecule has 0 atom stereocenters. The first-order valence-corrected chi connectivity index (χ1v) is 5.12. The van der Waals surface area contributed by atoms with Crippen LogP contribution in [0.5, 0.6) is 11.5 Å². The average molecular weight is 254 g/mol. The number of benzene rings is 1. The molecule has 0 radical (unpaired) electrons. The summed E-state index contributed by atoms with van der Waals surface area (Å²) in [6, 6.07) is 5.33. The van der Waals surface area contributed by atoms with Gasteiger partial charge in [-0.25, -0.2) is 0 Å². The number of allylic oxidation sites excluding steroid dienone is 2. The number of rotatable bonds is 4. The van der Waals surface area contributed by atoms with Gasteiger partial charge in [0.15, 0.2) is 11.5 Å². The number of carboxylic acids is 1. The third kappa shape index (κ3) is 3.38. The van der Waals surface area contributed by atoms with E-state index in [9.17, 15) is 9.90 Å². The van der Waals surface area contributed by atoms with Gasteiger partial charge in [0.05, 0.1) is 5.97 Å². The Hall–Kier alpha value is -1.23. The van der Waals surface area contributed by atoms with Gasteiger partial charge in [-0.15, -0.1) is 0 Å². The van der Waals surface area contributed by atoms with Crippen molar-refractivity contribution in [2.45, 2.75) is 6.42 Å². The molecular formula is C13H11NaO4. The topological polar surface area (TPSA) is 58.6 Å². The van der Waals surface area contributed by atoms with Gasteiger partial charge in [-0.05, 0) is 29.7 Å². The van der Waals surface area contributed by atoms with Crippen LogP contribution in [-0.2, 0) is 11.2 Å². The third-order valence-corrected chi connectivity index (χ3v) is 2.41. The van der Waals surface area contributed by atoms with Crippen LogP contribution in [0.3, 0.4) is 0 Å². The van der Waals surface area contributed by atoms with Gasteiger partial charge in [0, 0.05) is 0 Å². The molecule has 4 nitrogen and oxygen atoms in total. The second-order valence-corrected chi connectivity index (χ2v) is 3.58. The van der Waals surface area contributed by atoms with Gasteiger partial charge < -0.3 is 19.4 Å². The van der Waals surface area contributed by atoms with E-state index in [2.05, 4.69) is 6.58 Å². The molecule has 0 aromatic heterocycles. The van der Waals surface area contributed by atoms with Crippen LogP contribution < -0.4 is 44.1 Å². The number of hydrogen-bond donors (Lipinski definition) is 0. The Morgan fingerprint density at radius 2 is 2.11 bits per heavy atom. The first-order chi connectivity index (χ1) is 8.20. The number of carboxylic acid groups (broad SMARTS) is 1. The van der Waals surface area contributed by atoms with Crippen molar-refractivity contribution in [3.63, 3.8) is 0 Å². The van der Waals surface area contributed by atoms with Crippen molar-refractivity contribution in [1.82, 2.24) is 0 Å². The van der Waals surface area contributed by atoms with Gasteiger partial charge in [0.1, 0.15) is 0 Å². The Morgan fingerprint density at radius 3 is 2.78 bits per heavy atom. The number of carbonyl (C=O) groups is 1. The molecule has 1 heterocycles. The maximum atomic E-state index is 10.8. The summed E-state index contributed by atoms with van der Waals surface area (Å²) in [5.41, 5.74) is 1.01. The van der Waals surface area contributed by atoms with Crippen LogP contribution in [0.4, 0.5) is 0 Å². The zero-order chi connectivity index (χ0) is 12.3. The monoisotopic (exact) mass is 254 g/mol. The number of aliphatic carboxylic acids is 1. The minimum atomic E-state index is -1.19. The Morgan fingerprint density at radius 1 is 1.39 bits per heavy atom. The van der Waals surface area contributed by atoms with E-state index in [0.29, 0.717) is 11.5 Å². The predicted molar refractivity (Wildman–Crippen MR) is 59.6 cm³/mol. The molecule has 18 heavy (non-hydrogen) atoms. The smallest absolute Gasteiger partial charge is 0.545 e. The Balaban J connectivity index is 0.00000162. The van der Waals surface area contributed by atoms with Crippen molar-refractivity contribution >= 4 is 5.97 Å². The summed E-state index contributed by atoms with van der Waals surface area (Å²) in [7, 11) is 0. The van der Waals surface area contributed by atoms with E-state index < -0.39 is 5.97 Å². The molecule has 1 aromatic rings. The van der Waals surface area contributed by atoms with Crippen LogP contribution in [0.15, 0.2) is 42.5 Å². The summed E-state index contributed by atoms with van der Waals surface area (Å²) < 4.78 is 10.4. The number of ether oxygens (including phenoxy) is 2. The number of hydrogen-bond acceptors (Lipinski definition) is 4. The summed E-state index contributed by atoms with van der Waals surface area (Å²) in [5, 5.41) is 10.8. The van der Waals surface area contributed by atoms with Crippen molar-refractivity contribution in [2.24, 2.45) is 0 Å². The number of carbonyl (C=O) groups excluding carboxylic acids is 1. The fourth-order valence-corrected chi connectivity index (χ4v) is 1.61. The largest absolute Gasteiger partial charge is 1.00 e. The van der Waals surface area contributed by atoms with Crippen molar-refractivity contribution in [1.29, 1.82) is 0 Å². The summed E-state index contributed by atoms with van der Waals surface area (Å²) in [4.78, 5) is 10.8. The van der Waals surface area contributed by atoms with Crippen LogP contribution in [0.1, 0.15) is 5.56 Å². The van der Waals surface area contributed by atoms with Crippen molar-refractivity contribution in [3.05, 3.63) is 48.1 Å². The quantitative estimate of drug-likeness (QED) is 0.348. The number of fused-ring (bicyclic) bond motifs is 1. The SMILES string of the molecule is C=CC=C(Cc1ccc2c(c1)OCO2)C(=O)[O-].[Na+]. The maximum absolute atomic E-state index is 10.8. The molecule has 1 aliphatic heterocycles. The normalized spacial score (nSPS) is 12.8. The van der Waals surface area contributed by atoms with Crippen LogP contribution >= 0.6 is 0 Å². The molecule has 0 spiro atoms. The Kier molecular flexibility index (Phi) is 5.47. The maximum Gasteiger partial charge on any atom is 1.00 e. The van der Waals surface area contributed by atoms with Gasteiger partial charge >= 0.3 is 29.6 Å². The first-order valence-electron chi connectivity index (χ1n) is 5.12. The molecule has 5 heteroatoms. The second-order valence-electron chi connectivity index (χ2n) is 3.58. The van der Waals surface area contributed by atoms with Gasteiger partial charge in [0.25, 0.3) is 0 Å². The zero-order valence-electron chi connectivity index (χ0n) is 10.1. The standard InChI is InChI=1S/C13H12O4.Na/c1-2-3-10(13(14)15)6-9-4-5-11-12(7-9)17-8-16-11;/h2-5,7H,1,6,8H2,(H,14,15);/q;+1/p-1. The van der Waals surface area contributed by atoms with Crippen LogP contribution in [-0.4, -0.2) is 12.8 Å². The molecular weight excluding hydrogens is 243 g/mol. The van der Waals surface area contributed by atoms with Gasteiger partial charge in [-0.1, -0.05) is 24.8 Å². The molecule has 1 aromatic carbocycles. The van der Waals surface area contributed by atoms with Crippen molar-refractivity contribution in [2.75, 3.05) is 6.79 Å². The molecule has 1 aliphatic rings. The van der Waals surface area contributed by atoms with E-state index in [1.165, 1.54) is 12.2 Å². The second kappa shape index (κ2) is 6.64. The molecule has 0 amide bonds. The third-order valence-electron chi connectivity index (χ3n) is 2.41. The molecule has 88 valence electrons. The summed E-state index contributed by atoms with van der Waals surface area (Å²) in [6.45, 7) is 3.67. The molecule has 0 unspecified atom stereocenters. The van der Waals surface area contributed by atoms with E-state index >= 15 is 0 Å². The molecule has 0 fully saturated rings. The van der Waals surface area contributed by atoms with E-state index in [1.54, 1.807) is 18.2 Å². The molecule has 0 aliphatic carbocycles. The zero-order valence-corrected chi connectivity index (χ0v) is 12.1. The van der Waals surface area contributed by atoms with Crippen molar-refractivity contribution in [3.8, 4) is 11.5 Å². The minimum Gasteiger partial charge on any atom is -0.545 e. The van der Waals surface area contributed by atoms with Gasteiger partial charge in [0.2, 0.25) is 6.79 Å². The summed E-state index contributed by atoms with van der Waals surface area (Å²) in [6.07, 6.45) is 3.13. The fourth-order valence-electron chi connectivity index (χ4n) is 1.61. The van der Waals surface area contributed by atoms with Crippen LogP contribution in [0.25, 0.3) is 0 Å². The van der Waals surface area contributed by atoms with E-state index in [0.717, 1.165) is 5.56 Å². The van der Waals surface area contributed by atoms with Gasteiger partial charge in [-0.3, -0.25) is 0 Å². The van der Waals surface area contributed by atoms with Crippen LogP contribution in [0.2, 0.25) is 0 Å². The van der Waals surface area contributed by atoms with E-state index in [1.807, 2.05) is 0 Å². The summed E-state index contributed by atoms with van der Waals surface area (Å²) >= 11 is 0. The first kappa shape index (κ1) is 14.8. The predicted octanol–water partition coefficient (Wildman–Crippen LogP) is -2.18. The Labute approximate surface area is 127 Å². The van der Waals surface area contributed by atoms with Crippen LogP contribution in [0, 0.1) is 0 Å². The van der Waals surface area contributed by atoms with Crippen molar-refractivity contribution < 1.29 is 48.9 Å². The molecule has 0 saturated heterocycles. The van der Waals surface area contributed by atoms with E-state index in [4.69, 9.17) is 9.47 Å². The molecule has 0 N–H and O–H groups in total. The Bertz CT molecular complexity index is 494. The molecule has 0 saturated carbocycles. The molecule has 0 bridgehead atoms. The van der Waals surface area contributed by atoms with Gasteiger partial charge in [-0.2, -0.15) is 0 Å². The summed E-state index contributed by atoms with van der Waals surface area (Å²) in [5.74, 6) is 0.123. The van der Waals surface area contributed by atoms with E-state index in [-0.39, 0.29) is 48.3 Å². The fraction of sp³-hybridized carbons (Fsp3) is 0.154. The minimum absolute atomic E-state index is 0. The molecule has 2 rings (SSSR count). The average Bonchev–Trinajstić information content (AvgIpc) is 2.75.